The second kappa shape index (κ2) is 16.3. The molecule has 2 amide bonds. The molecule has 0 spiro atoms. The van der Waals surface area contributed by atoms with Crippen molar-refractivity contribution in [1.82, 2.24) is 10.6 Å². The van der Waals surface area contributed by atoms with Gasteiger partial charge in [-0.15, -0.1) is 0 Å². The zero-order valence-electron chi connectivity index (χ0n) is 25.5. The number of ether oxygens (including phenoxy) is 4. The van der Waals surface area contributed by atoms with Gasteiger partial charge in [0.05, 0.1) is 6.04 Å². The number of carbonyl (C=O) groups is 3. The molecule has 2 aromatic carbocycles. The van der Waals surface area contributed by atoms with Gasteiger partial charge in [0.25, 0.3) is 5.91 Å². The summed E-state index contributed by atoms with van der Waals surface area (Å²) in [5, 5.41) is 5.74. The fraction of sp³-hybridized carbons (Fsp3) is 0.545. The lowest BCUT2D eigenvalue weighted by molar-refractivity contribution is -0.197. The minimum atomic E-state index is -1.17. The molecule has 2 N–H and O–H groups in total. The highest BCUT2D eigenvalue weighted by atomic mass is 16.7. The molecule has 230 valence electrons. The molecule has 1 aliphatic rings. The van der Waals surface area contributed by atoms with Gasteiger partial charge >= 0.3 is 12.1 Å². The maximum absolute atomic E-state index is 14.0. The molecule has 3 rings (SSSR count). The van der Waals surface area contributed by atoms with Crippen LogP contribution in [0.15, 0.2) is 60.7 Å². The topological polar surface area (TPSA) is 112 Å². The van der Waals surface area contributed by atoms with Crippen LogP contribution in [-0.4, -0.2) is 54.7 Å². The highest BCUT2D eigenvalue weighted by molar-refractivity contribution is 5.88. The number of esters is 1. The van der Waals surface area contributed by atoms with E-state index in [4.69, 9.17) is 18.9 Å². The molecule has 0 aromatic heterocycles. The fourth-order valence-electron chi connectivity index (χ4n) is 4.65. The number of rotatable bonds is 13. The van der Waals surface area contributed by atoms with Crippen LogP contribution in [0.1, 0.15) is 71.4 Å². The lowest BCUT2D eigenvalue weighted by Crippen LogP contribution is -2.57. The molecule has 0 saturated carbocycles. The van der Waals surface area contributed by atoms with E-state index in [1.54, 1.807) is 20.8 Å². The lowest BCUT2D eigenvalue weighted by atomic mass is 9.99. The summed E-state index contributed by atoms with van der Waals surface area (Å²) in [6.45, 7) is 9.86. The standard InChI is InChI=1S/C33H46N2O7/c1-23(2)20-27(31(37)40-22-25-16-10-7-11-17-25)34-30(36)29(41-28-18-12-13-19-39-28)26(21-24-14-8-6-9-15-24)35-32(38)42-33(3,4)5/h6-11,14-17,23,26-29H,12-13,18-22H2,1-5H3,(H,34,36)(H,35,38)/t26-,27+,28?,29+/m1/s1. The zero-order valence-corrected chi connectivity index (χ0v) is 25.5. The second-order valence-electron chi connectivity index (χ2n) is 12.1. The van der Waals surface area contributed by atoms with E-state index in [2.05, 4.69) is 10.6 Å². The molecule has 1 fully saturated rings. The van der Waals surface area contributed by atoms with Crippen molar-refractivity contribution >= 4 is 18.0 Å². The molecular formula is C33H46N2O7. The minimum Gasteiger partial charge on any atom is -0.459 e. The van der Waals surface area contributed by atoms with Gasteiger partial charge in [-0.2, -0.15) is 0 Å². The van der Waals surface area contributed by atoms with Crippen molar-refractivity contribution in [2.75, 3.05) is 6.61 Å². The van der Waals surface area contributed by atoms with E-state index in [0.717, 1.165) is 24.0 Å². The van der Waals surface area contributed by atoms with Crippen LogP contribution < -0.4 is 10.6 Å². The van der Waals surface area contributed by atoms with Crippen molar-refractivity contribution in [1.29, 1.82) is 0 Å². The second-order valence-corrected chi connectivity index (χ2v) is 12.1. The van der Waals surface area contributed by atoms with Gasteiger partial charge in [0, 0.05) is 6.61 Å². The Morgan fingerprint density at radius 2 is 1.57 bits per heavy atom. The summed E-state index contributed by atoms with van der Waals surface area (Å²) in [5.74, 6) is -0.975. The van der Waals surface area contributed by atoms with Gasteiger partial charge in [0.2, 0.25) is 0 Å². The zero-order chi connectivity index (χ0) is 30.5. The maximum atomic E-state index is 14.0. The SMILES string of the molecule is CC(C)C[C@H](NC(=O)[C@@H](OC1CCCCO1)[C@@H](Cc1ccccc1)NC(=O)OC(C)(C)C)C(=O)OCc1ccccc1. The molecule has 1 saturated heterocycles. The Labute approximate surface area is 249 Å². The summed E-state index contributed by atoms with van der Waals surface area (Å²) >= 11 is 0. The lowest BCUT2D eigenvalue weighted by Gasteiger charge is -2.33. The van der Waals surface area contributed by atoms with Crippen LogP contribution in [0.5, 0.6) is 0 Å². The van der Waals surface area contributed by atoms with E-state index in [-0.39, 0.29) is 18.9 Å². The molecule has 1 unspecified atom stereocenters. The smallest absolute Gasteiger partial charge is 0.407 e. The molecule has 2 aromatic rings. The van der Waals surface area contributed by atoms with Crippen LogP contribution >= 0.6 is 0 Å². The molecule has 1 aliphatic heterocycles. The number of benzene rings is 2. The predicted octanol–water partition coefficient (Wildman–Crippen LogP) is 5.31. The number of nitrogens with one attached hydrogen (secondary N) is 2. The molecular weight excluding hydrogens is 536 g/mol. The minimum absolute atomic E-state index is 0.0941. The molecule has 0 radical (unpaired) electrons. The van der Waals surface area contributed by atoms with Crippen LogP contribution in [0.3, 0.4) is 0 Å². The van der Waals surface area contributed by atoms with Crippen molar-refractivity contribution in [3.63, 3.8) is 0 Å². The molecule has 0 aliphatic carbocycles. The summed E-state index contributed by atoms with van der Waals surface area (Å²) in [5.41, 5.74) is 1.00. The van der Waals surface area contributed by atoms with Gasteiger partial charge in [-0.25, -0.2) is 9.59 Å². The summed E-state index contributed by atoms with van der Waals surface area (Å²) in [7, 11) is 0. The fourth-order valence-corrected chi connectivity index (χ4v) is 4.65. The average Bonchev–Trinajstić information content (AvgIpc) is 2.94. The molecule has 1 heterocycles. The summed E-state index contributed by atoms with van der Waals surface area (Å²) in [6, 6.07) is 17.2. The Hall–Kier alpha value is -3.43. The van der Waals surface area contributed by atoms with E-state index in [1.165, 1.54) is 0 Å². The number of amides is 2. The van der Waals surface area contributed by atoms with Crippen molar-refractivity contribution in [2.24, 2.45) is 5.92 Å². The molecule has 9 heteroatoms. The summed E-state index contributed by atoms with van der Waals surface area (Å²) < 4.78 is 23.2. The van der Waals surface area contributed by atoms with Crippen LogP contribution in [-0.2, 0) is 41.6 Å². The van der Waals surface area contributed by atoms with Crippen LogP contribution in [0.25, 0.3) is 0 Å². The summed E-state index contributed by atoms with van der Waals surface area (Å²) in [6.07, 6.45) is 0.610. The Morgan fingerprint density at radius 1 is 0.929 bits per heavy atom. The number of hydrogen-bond acceptors (Lipinski definition) is 7. The Morgan fingerprint density at radius 3 is 2.14 bits per heavy atom. The molecule has 9 nitrogen and oxygen atoms in total. The van der Waals surface area contributed by atoms with Crippen molar-refractivity contribution in [3.8, 4) is 0 Å². The normalized spacial score (nSPS) is 17.5. The van der Waals surface area contributed by atoms with Crippen LogP contribution in [0, 0.1) is 5.92 Å². The third-order valence-corrected chi connectivity index (χ3v) is 6.59. The van der Waals surface area contributed by atoms with E-state index >= 15 is 0 Å². The highest BCUT2D eigenvalue weighted by Gasteiger charge is 2.37. The van der Waals surface area contributed by atoms with Crippen LogP contribution in [0.2, 0.25) is 0 Å². The van der Waals surface area contributed by atoms with Gasteiger partial charge in [-0.3, -0.25) is 4.79 Å². The first-order valence-corrected chi connectivity index (χ1v) is 14.8. The predicted molar refractivity (Wildman–Crippen MR) is 159 cm³/mol. The van der Waals surface area contributed by atoms with Crippen LogP contribution in [0.4, 0.5) is 4.79 Å². The van der Waals surface area contributed by atoms with Gasteiger partial charge in [0.1, 0.15) is 18.2 Å². The third-order valence-electron chi connectivity index (χ3n) is 6.59. The number of hydrogen-bond donors (Lipinski definition) is 2. The van der Waals surface area contributed by atoms with Gasteiger partial charge < -0.3 is 29.6 Å². The van der Waals surface area contributed by atoms with Gasteiger partial charge in [0.15, 0.2) is 12.4 Å². The maximum Gasteiger partial charge on any atom is 0.407 e. The average molecular weight is 583 g/mol. The van der Waals surface area contributed by atoms with Crippen molar-refractivity contribution < 1.29 is 33.3 Å². The first-order valence-electron chi connectivity index (χ1n) is 14.8. The largest absolute Gasteiger partial charge is 0.459 e. The summed E-state index contributed by atoms with van der Waals surface area (Å²) in [4.78, 5) is 40.1. The van der Waals surface area contributed by atoms with E-state index in [9.17, 15) is 14.4 Å². The third kappa shape index (κ3) is 11.8. The Bertz CT molecular complexity index is 1110. The highest BCUT2D eigenvalue weighted by Crippen LogP contribution is 2.20. The molecule has 0 bridgehead atoms. The first kappa shape index (κ1) is 33.1. The molecule has 42 heavy (non-hydrogen) atoms. The van der Waals surface area contributed by atoms with Gasteiger partial charge in [-0.1, -0.05) is 74.5 Å². The van der Waals surface area contributed by atoms with E-state index in [1.807, 2.05) is 74.5 Å². The Balaban J connectivity index is 1.85. The van der Waals surface area contributed by atoms with Crippen molar-refractivity contribution in [2.45, 2.75) is 103 Å². The quantitative estimate of drug-likeness (QED) is 0.308. The number of alkyl carbamates (subject to hydrolysis) is 1. The van der Waals surface area contributed by atoms with E-state index < -0.39 is 48.0 Å². The molecule has 4 atom stereocenters. The van der Waals surface area contributed by atoms with Crippen molar-refractivity contribution in [3.05, 3.63) is 71.8 Å². The number of carbonyl (C=O) groups excluding carboxylic acids is 3. The van der Waals surface area contributed by atoms with E-state index in [0.29, 0.717) is 19.4 Å². The van der Waals surface area contributed by atoms with Gasteiger partial charge in [-0.05, 0) is 69.9 Å². The Kier molecular flexibility index (Phi) is 12.8. The first-order chi connectivity index (χ1) is 20.0. The monoisotopic (exact) mass is 582 g/mol.